The quantitative estimate of drug-likeness (QED) is 0.589. The molecule has 0 aliphatic heterocycles. The van der Waals surface area contributed by atoms with Gasteiger partial charge >= 0.3 is 0 Å². The van der Waals surface area contributed by atoms with Crippen LogP contribution in [-0.2, 0) is 0 Å². The van der Waals surface area contributed by atoms with Crippen molar-refractivity contribution in [3.63, 3.8) is 0 Å². The van der Waals surface area contributed by atoms with Gasteiger partial charge in [0.2, 0.25) is 0 Å². The predicted octanol–water partition coefficient (Wildman–Crippen LogP) is 3.36. The van der Waals surface area contributed by atoms with Gasteiger partial charge in [-0.15, -0.1) is 0 Å². The maximum atomic E-state index is 11.5. The Hall–Kier alpha value is -0.160. The summed E-state index contributed by atoms with van der Waals surface area (Å²) in [5.74, 6) is 2.41. The summed E-state index contributed by atoms with van der Waals surface area (Å²) in [7, 11) is 0. The van der Waals surface area contributed by atoms with E-state index in [4.69, 9.17) is 0 Å². The lowest BCUT2D eigenvalue weighted by Crippen LogP contribution is -2.62. The van der Waals surface area contributed by atoms with Gasteiger partial charge in [-0.05, 0) is 104 Å². The molecule has 4 aliphatic rings. The molecule has 0 heterocycles. The van der Waals surface area contributed by atoms with Crippen LogP contribution in [0.15, 0.2) is 0 Å². The van der Waals surface area contributed by atoms with Gasteiger partial charge in [0.15, 0.2) is 0 Å². The summed E-state index contributed by atoms with van der Waals surface area (Å²) in [6, 6.07) is 0. The van der Waals surface area contributed by atoms with Crippen LogP contribution in [0.2, 0.25) is 0 Å². The first kappa shape index (κ1) is 21.1. The molecule has 0 aromatic carbocycles. The average Bonchev–Trinajstić information content (AvgIpc) is 3.01. The molecule has 28 heavy (non-hydrogen) atoms. The van der Waals surface area contributed by atoms with Crippen LogP contribution >= 0.6 is 0 Å². The molecule has 4 N–H and O–H groups in total. The second-order valence-corrected chi connectivity index (χ2v) is 11.4. The second kappa shape index (κ2) is 7.51. The molecular weight excluding hydrogens is 352 g/mol. The normalized spacial score (nSPS) is 54.5. The van der Waals surface area contributed by atoms with E-state index in [1.807, 2.05) is 0 Å². The SMILES string of the molecule is C[C@H](CCCO)[C@@H]1CC[C@H]2[C@@H]3[C@H](O)C[C@@H]4C[C@H](O)CC[C@]4(C)[C@H]3C[C@@H](O)[C@]21C. The fraction of sp³-hybridized carbons (Fsp3) is 1.00. The Morgan fingerprint density at radius 1 is 0.964 bits per heavy atom. The summed E-state index contributed by atoms with van der Waals surface area (Å²) in [5.41, 5.74) is 0.0282. The number of hydrogen-bond acceptors (Lipinski definition) is 4. The maximum Gasteiger partial charge on any atom is 0.0602 e. The molecule has 4 fully saturated rings. The predicted molar refractivity (Wildman–Crippen MR) is 109 cm³/mol. The summed E-state index contributed by atoms with van der Waals surface area (Å²) in [4.78, 5) is 0. The van der Waals surface area contributed by atoms with Crippen molar-refractivity contribution < 1.29 is 20.4 Å². The standard InChI is InChI=1S/C24H42O4/c1-14(5-4-10-25)17-6-7-18-22-19(13-21(28)24(17,18)3)23(2)9-8-16(26)11-15(23)12-20(22)27/h14-22,25-28H,4-13H2,1-3H3/t14-,15+,16-,17+,18+,19+,20-,21-,22+,23+,24+/m1/s1. The highest BCUT2D eigenvalue weighted by molar-refractivity contribution is 5.14. The third-order valence-electron chi connectivity index (χ3n) is 10.3. The van der Waals surface area contributed by atoms with Crippen LogP contribution in [0.5, 0.6) is 0 Å². The zero-order valence-corrected chi connectivity index (χ0v) is 18.1. The van der Waals surface area contributed by atoms with Crippen molar-refractivity contribution in [3.05, 3.63) is 0 Å². The van der Waals surface area contributed by atoms with Gasteiger partial charge in [-0.25, -0.2) is 0 Å². The van der Waals surface area contributed by atoms with Crippen LogP contribution in [0.3, 0.4) is 0 Å². The van der Waals surface area contributed by atoms with Crippen molar-refractivity contribution in [2.24, 2.45) is 46.3 Å². The minimum Gasteiger partial charge on any atom is -0.396 e. The minimum atomic E-state index is -0.308. The van der Waals surface area contributed by atoms with E-state index < -0.39 is 0 Å². The Balaban J connectivity index is 1.62. The molecule has 4 saturated carbocycles. The van der Waals surface area contributed by atoms with Crippen molar-refractivity contribution >= 4 is 0 Å². The van der Waals surface area contributed by atoms with Gasteiger partial charge < -0.3 is 20.4 Å². The highest BCUT2D eigenvalue weighted by atomic mass is 16.3. The molecule has 4 nitrogen and oxygen atoms in total. The molecule has 0 unspecified atom stereocenters. The van der Waals surface area contributed by atoms with E-state index in [-0.39, 0.29) is 35.7 Å². The number of aliphatic hydroxyl groups is 4. The van der Waals surface area contributed by atoms with E-state index in [9.17, 15) is 20.4 Å². The fourth-order valence-electron chi connectivity index (χ4n) is 8.75. The first-order valence-corrected chi connectivity index (χ1v) is 11.9. The first-order valence-electron chi connectivity index (χ1n) is 11.9. The van der Waals surface area contributed by atoms with Crippen molar-refractivity contribution in [1.82, 2.24) is 0 Å². The zero-order chi connectivity index (χ0) is 20.3. The molecule has 162 valence electrons. The van der Waals surface area contributed by atoms with Gasteiger partial charge in [-0.1, -0.05) is 20.8 Å². The van der Waals surface area contributed by atoms with E-state index in [0.717, 1.165) is 57.8 Å². The maximum absolute atomic E-state index is 11.5. The molecule has 0 aromatic rings. The first-order chi connectivity index (χ1) is 13.2. The van der Waals surface area contributed by atoms with Crippen molar-refractivity contribution in [2.45, 2.75) is 96.9 Å². The number of hydrogen-bond donors (Lipinski definition) is 4. The number of rotatable bonds is 4. The molecule has 0 radical (unpaired) electrons. The van der Waals surface area contributed by atoms with Crippen molar-refractivity contribution in [2.75, 3.05) is 6.61 Å². The molecule has 0 saturated heterocycles. The van der Waals surface area contributed by atoms with E-state index in [1.54, 1.807) is 0 Å². The Kier molecular flexibility index (Phi) is 5.66. The van der Waals surface area contributed by atoms with E-state index in [1.165, 1.54) is 0 Å². The molecule has 0 amide bonds. The Labute approximate surface area is 170 Å². The minimum absolute atomic E-state index is 0.117. The number of fused-ring (bicyclic) bond motifs is 5. The van der Waals surface area contributed by atoms with E-state index >= 15 is 0 Å². The van der Waals surface area contributed by atoms with Crippen LogP contribution in [0, 0.1) is 46.3 Å². The molecule has 4 aliphatic carbocycles. The van der Waals surface area contributed by atoms with E-state index in [0.29, 0.717) is 35.5 Å². The Morgan fingerprint density at radius 2 is 1.71 bits per heavy atom. The van der Waals surface area contributed by atoms with Gasteiger partial charge in [-0.3, -0.25) is 0 Å². The highest BCUT2D eigenvalue weighted by Crippen LogP contribution is 2.68. The van der Waals surface area contributed by atoms with Gasteiger partial charge in [-0.2, -0.15) is 0 Å². The van der Waals surface area contributed by atoms with Crippen molar-refractivity contribution in [1.29, 1.82) is 0 Å². The molecule has 0 aromatic heterocycles. The smallest absolute Gasteiger partial charge is 0.0602 e. The molecule has 0 bridgehead atoms. The molecule has 4 rings (SSSR count). The summed E-state index contributed by atoms with van der Waals surface area (Å²) in [6.45, 7) is 7.23. The van der Waals surface area contributed by atoms with Gasteiger partial charge in [0.05, 0.1) is 18.3 Å². The monoisotopic (exact) mass is 394 g/mol. The lowest BCUT2D eigenvalue weighted by atomic mass is 9.43. The van der Waals surface area contributed by atoms with Gasteiger partial charge in [0, 0.05) is 6.61 Å². The average molecular weight is 395 g/mol. The summed E-state index contributed by atoms with van der Waals surface area (Å²) < 4.78 is 0. The van der Waals surface area contributed by atoms with Crippen LogP contribution in [-0.4, -0.2) is 45.3 Å². The number of aliphatic hydroxyl groups excluding tert-OH is 4. The molecule has 0 spiro atoms. The summed E-state index contributed by atoms with van der Waals surface area (Å²) in [5, 5.41) is 42.2. The fourth-order valence-corrected chi connectivity index (χ4v) is 8.75. The lowest BCUT2D eigenvalue weighted by molar-refractivity contribution is -0.207. The largest absolute Gasteiger partial charge is 0.396 e. The third kappa shape index (κ3) is 3.01. The Bertz CT molecular complexity index is 567. The zero-order valence-electron chi connectivity index (χ0n) is 18.1. The molecule has 4 heteroatoms. The van der Waals surface area contributed by atoms with E-state index in [2.05, 4.69) is 20.8 Å². The molecular formula is C24H42O4. The third-order valence-corrected chi connectivity index (χ3v) is 10.3. The van der Waals surface area contributed by atoms with Crippen LogP contribution < -0.4 is 0 Å². The second-order valence-electron chi connectivity index (χ2n) is 11.4. The van der Waals surface area contributed by atoms with Crippen LogP contribution in [0.25, 0.3) is 0 Å². The van der Waals surface area contributed by atoms with Crippen LogP contribution in [0.4, 0.5) is 0 Å². The summed E-state index contributed by atoms with van der Waals surface area (Å²) >= 11 is 0. The Morgan fingerprint density at radius 3 is 2.43 bits per heavy atom. The molecule has 11 atom stereocenters. The highest BCUT2D eigenvalue weighted by Gasteiger charge is 2.65. The van der Waals surface area contributed by atoms with Crippen LogP contribution in [0.1, 0.15) is 78.6 Å². The van der Waals surface area contributed by atoms with Crippen molar-refractivity contribution in [3.8, 4) is 0 Å². The summed E-state index contributed by atoms with van der Waals surface area (Å²) in [6.07, 6.45) is 7.62. The van der Waals surface area contributed by atoms with Gasteiger partial charge in [0.1, 0.15) is 0 Å². The lowest BCUT2D eigenvalue weighted by Gasteiger charge is -2.63. The topological polar surface area (TPSA) is 80.9 Å². The van der Waals surface area contributed by atoms with Gasteiger partial charge in [0.25, 0.3) is 0 Å².